The summed E-state index contributed by atoms with van der Waals surface area (Å²) in [4.78, 5) is 2.42. The maximum Gasteiger partial charge on any atom is 0.0585 e. The van der Waals surface area contributed by atoms with Gasteiger partial charge in [-0.2, -0.15) is 0 Å². The Bertz CT molecular complexity index is 2940. The first-order chi connectivity index (χ1) is 28.7. The monoisotopic (exact) mass is 744 g/mol. The largest absolute Gasteiger partial charge is 0.333 e. The standard InChI is InChI=1S/C56H44N2/c1-39-17-11-15-27-53(39)58-54-28-16-13-25-49(54)50-37-41(31-36-55(50)58)40-29-32-45(33-30-40)57(44-22-9-4-10-23-44)46-34-35-48-47-24-12-14-26-51(47)56(52(48)38-46,42-18-5-2-6-19-42)43-20-7-3-8-21-43/h2-20,22-39,43,53H,21H2,1H3. The van der Waals surface area contributed by atoms with E-state index in [-0.39, 0.29) is 17.4 Å². The summed E-state index contributed by atoms with van der Waals surface area (Å²) in [5, 5.41) is 2.59. The van der Waals surface area contributed by atoms with Crippen LogP contribution >= 0.6 is 0 Å². The molecule has 0 radical (unpaired) electrons. The maximum atomic E-state index is 2.53. The van der Waals surface area contributed by atoms with Crippen LogP contribution in [0.1, 0.15) is 36.1 Å². The Balaban J connectivity index is 1.03. The van der Waals surface area contributed by atoms with Crippen LogP contribution in [0.3, 0.4) is 0 Å². The van der Waals surface area contributed by atoms with Crippen LogP contribution in [0.5, 0.6) is 0 Å². The second-order valence-corrected chi connectivity index (χ2v) is 16.1. The minimum absolute atomic E-state index is 0.271. The Hall–Kier alpha value is -6.90. The molecule has 3 aliphatic rings. The van der Waals surface area contributed by atoms with Crippen LogP contribution in [0.25, 0.3) is 44.1 Å². The van der Waals surface area contributed by atoms with Crippen molar-refractivity contribution >= 4 is 38.9 Å². The van der Waals surface area contributed by atoms with Gasteiger partial charge >= 0.3 is 0 Å². The van der Waals surface area contributed by atoms with Gasteiger partial charge in [-0.3, -0.25) is 0 Å². The fourth-order valence-corrected chi connectivity index (χ4v) is 10.3. The Morgan fingerprint density at radius 3 is 1.97 bits per heavy atom. The van der Waals surface area contributed by atoms with Crippen molar-refractivity contribution in [1.82, 2.24) is 4.57 Å². The lowest BCUT2D eigenvalue weighted by Crippen LogP contribution is -2.35. The summed E-state index contributed by atoms with van der Waals surface area (Å²) >= 11 is 0. The van der Waals surface area contributed by atoms with Crippen LogP contribution < -0.4 is 4.90 Å². The molecule has 0 fully saturated rings. The molecule has 278 valence electrons. The number of nitrogens with zero attached hydrogens (tertiary/aromatic N) is 2. The van der Waals surface area contributed by atoms with Gasteiger partial charge < -0.3 is 9.47 Å². The summed E-state index contributed by atoms with van der Waals surface area (Å²) in [6, 6.07) is 63.6. The lowest BCUT2D eigenvalue weighted by molar-refractivity contribution is 0.457. The molecule has 0 aliphatic heterocycles. The van der Waals surface area contributed by atoms with Crippen molar-refractivity contribution in [2.45, 2.75) is 24.8 Å². The Labute approximate surface area is 341 Å². The number of allylic oxidation sites excluding steroid dienone is 8. The zero-order valence-corrected chi connectivity index (χ0v) is 32.6. The highest BCUT2D eigenvalue weighted by atomic mass is 15.1. The number of anilines is 3. The number of para-hydroxylation sites is 2. The van der Waals surface area contributed by atoms with E-state index in [2.05, 4.69) is 235 Å². The highest BCUT2D eigenvalue weighted by Gasteiger charge is 2.49. The van der Waals surface area contributed by atoms with Crippen LogP contribution in [0, 0.1) is 11.8 Å². The SMILES string of the molecule is CC1C=CC=CC1n1c2ccccc2c2cc(-c3ccc(N(c4ccccc4)c4ccc5c(c4)C(c4ccccc4)(C4C=CC=CC4)c4ccccc4-5)cc3)ccc21. The van der Waals surface area contributed by atoms with E-state index in [1.54, 1.807) is 0 Å². The van der Waals surface area contributed by atoms with E-state index in [0.717, 1.165) is 23.5 Å². The Kier molecular flexibility index (Phi) is 8.25. The van der Waals surface area contributed by atoms with Gasteiger partial charge in [0.2, 0.25) is 0 Å². The normalized spacial score (nSPS) is 20.4. The maximum absolute atomic E-state index is 2.53. The highest BCUT2D eigenvalue weighted by molar-refractivity contribution is 6.09. The van der Waals surface area contributed by atoms with Crippen LogP contribution in [0.15, 0.2) is 218 Å². The fourth-order valence-electron chi connectivity index (χ4n) is 10.3. The van der Waals surface area contributed by atoms with Crippen LogP contribution in [0.4, 0.5) is 17.1 Å². The van der Waals surface area contributed by atoms with Gasteiger partial charge in [-0.15, -0.1) is 0 Å². The minimum atomic E-state index is -0.333. The molecule has 0 bridgehead atoms. The highest BCUT2D eigenvalue weighted by Crippen LogP contribution is 2.59. The van der Waals surface area contributed by atoms with Crippen molar-refractivity contribution in [2.75, 3.05) is 4.90 Å². The molecule has 1 heterocycles. The van der Waals surface area contributed by atoms with Crippen molar-refractivity contribution in [3.63, 3.8) is 0 Å². The number of fused-ring (bicyclic) bond motifs is 6. The molecule has 0 saturated carbocycles. The average molecular weight is 745 g/mol. The van der Waals surface area contributed by atoms with Crippen molar-refractivity contribution in [2.24, 2.45) is 11.8 Å². The molecule has 11 rings (SSSR count). The van der Waals surface area contributed by atoms with Gasteiger partial charge in [-0.1, -0.05) is 171 Å². The van der Waals surface area contributed by atoms with Crippen LogP contribution in [0.2, 0.25) is 0 Å². The van der Waals surface area contributed by atoms with E-state index in [0.29, 0.717) is 5.92 Å². The van der Waals surface area contributed by atoms with E-state index in [9.17, 15) is 0 Å². The quantitative estimate of drug-likeness (QED) is 0.158. The predicted molar refractivity (Wildman–Crippen MR) is 244 cm³/mol. The van der Waals surface area contributed by atoms with Crippen molar-refractivity contribution in [3.05, 3.63) is 235 Å². The van der Waals surface area contributed by atoms with Gasteiger partial charge in [-0.05, 0) is 112 Å². The molecule has 3 aliphatic carbocycles. The third kappa shape index (κ3) is 5.32. The first-order valence-corrected chi connectivity index (χ1v) is 20.7. The van der Waals surface area contributed by atoms with Crippen molar-refractivity contribution in [3.8, 4) is 22.3 Å². The molecular formula is C56H44N2. The van der Waals surface area contributed by atoms with E-state index >= 15 is 0 Å². The van der Waals surface area contributed by atoms with E-state index in [1.807, 2.05) is 0 Å². The molecule has 58 heavy (non-hydrogen) atoms. The second-order valence-electron chi connectivity index (χ2n) is 16.1. The van der Waals surface area contributed by atoms with Crippen molar-refractivity contribution in [1.29, 1.82) is 0 Å². The lowest BCUT2D eigenvalue weighted by Gasteiger charge is -2.40. The summed E-state index contributed by atoms with van der Waals surface area (Å²) in [5.74, 6) is 0.688. The summed E-state index contributed by atoms with van der Waals surface area (Å²) in [7, 11) is 0. The molecule has 2 nitrogen and oxygen atoms in total. The van der Waals surface area contributed by atoms with Gasteiger partial charge in [0, 0.05) is 38.9 Å². The molecule has 7 aromatic carbocycles. The molecule has 4 unspecified atom stereocenters. The molecule has 4 atom stereocenters. The van der Waals surface area contributed by atoms with Crippen molar-refractivity contribution < 1.29 is 0 Å². The topological polar surface area (TPSA) is 8.17 Å². The number of hydrogen-bond acceptors (Lipinski definition) is 1. The Morgan fingerprint density at radius 2 is 1.16 bits per heavy atom. The predicted octanol–water partition coefficient (Wildman–Crippen LogP) is 14.7. The zero-order chi connectivity index (χ0) is 38.6. The van der Waals surface area contributed by atoms with E-state index in [1.165, 1.54) is 60.8 Å². The Morgan fingerprint density at radius 1 is 0.500 bits per heavy atom. The average Bonchev–Trinajstić information content (AvgIpc) is 3.78. The van der Waals surface area contributed by atoms with Gasteiger partial charge in [-0.25, -0.2) is 0 Å². The molecule has 1 aromatic heterocycles. The zero-order valence-electron chi connectivity index (χ0n) is 32.6. The number of rotatable bonds is 7. The summed E-state index contributed by atoms with van der Waals surface area (Å²) in [6.45, 7) is 2.31. The van der Waals surface area contributed by atoms with Crippen LogP contribution in [-0.4, -0.2) is 4.57 Å². The smallest absolute Gasteiger partial charge is 0.0585 e. The minimum Gasteiger partial charge on any atom is -0.333 e. The number of aromatic nitrogens is 1. The molecule has 0 saturated heterocycles. The van der Waals surface area contributed by atoms with Crippen LogP contribution in [-0.2, 0) is 5.41 Å². The summed E-state index contributed by atoms with van der Waals surface area (Å²) in [6.07, 6.45) is 19.2. The van der Waals surface area contributed by atoms with E-state index < -0.39 is 0 Å². The third-order valence-corrected chi connectivity index (χ3v) is 12.9. The molecule has 0 spiro atoms. The fraction of sp³-hybridized carbons (Fsp3) is 0.107. The second kappa shape index (κ2) is 13.9. The van der Waals surface area contributed by atoms with Gasteiger partial charge in [0.15, 0.2) is 0 Å². The van der Waals surface area contributed by atoms with Gasteiger partial charge in [0.1, 0.15) is 0 Å². The molecule has 0 N–H and O–H groups in total. The first kappa shape index (κ1) is 34.4. The molecule has 0 amide bonds. The number of hydrogen-bond donors (Lipinski definition) is 0. The lowest BCUT2D eigenvalue weighted by atomic mass is 9.62. The van der Waals surface area contributed by atoms with Gasteiger partial charge in [0.25, 0.3) is 0 Å². The van der Waals surface area contributed by atoms with Gasteiger partial charge in [0.05, 0.1) is 11.5 Å². The molecular weight excluding hydrogens is 701 g/mol. The first-order valence-electron chi connectivity index (χ1n) is 20.7. The number of benzene rings is 7. The summed E-state index contributed by atoms with van der Waals surface area (Å²) in [5.41, 5.74) is 14.8. The molecule has 8 aromatic rings. The summed E-state index contributed by atoms with van der Waals surface area (Å²) < 4.78 is 2.53. The van der Waals surface area contributed by atoms with E-state index in [4.69, 9.17) is 0 Å². The third-order valence-electron chi connectivity index (χ3n) is 12.9. The molecule has 2 heteroatoms.